The molecular formula is C73H118O6. The second kappa shape index (κ2) is 65.8. The Morgan fingerprint density at radius 2 is 0.544 bits per heavy atom. The Morgan fingerprint density at radius 3 is 0.886 bits per heavy atom. The van der Waals surface area contributed by atoms with Crippen LogP contribution in [-0.4, -0.2) is 37.2 Å². The number of unbranched alkanes of at least 4 members (excludes halogenated alkanes) is 24. The molecule has 0 N–H and O–H groups in total. The first-order chi connectivity index (χ1) is 39.0. The number of ether oxygens (including phenoxy) is 3. The van der Waals surface area contributed by atoms with Crippen LogP contribution in [0, 0.1) is 0 Å². The van der Waals surface area contributed by atoms with Crippen molar-refractivity contribution in [1.82, 2.24) is 0 Å². The number of hydrogen-bond donors (Lipinski definition) is 0. The molecule has 0 amide bonds. The molecule has 0 saturated heterocycles. The van der Waals surface area contributed by atoms with Crippen LogP contribution < -0.4 is 0 Å². The van der Waals surface area contributed by atoms with Gasteiger partial charge in [0.15, 0.2) is 6.10 Å². The molecule has 0 aliphatic heterocycles. The molecule has 6 heteroatoms. The molecule has 6 nitrogen and oxygen atoms in total. The second-order valence-corrected chi connectivity index (χ2v) is 20.9. The lowest BCUT2D eigenvalue weighted by atomic mass is 10.0. The third-order valence-electron chi connectivity index (χ3n) is 13.4. The molecular weight excluding hydrogens is 973 g/mol. The van der Waals surface area contributed by atoms with Crippen molar-refractivity contribution >= 4 is 17.9 Å². The summed E-state index contributed by atoms with van der Waals surface area (Å²) in [6, 6.07) is 0. The van der Waals surface area contributed by atoms with Crippen molar-refractivity contribution in [2.45, 2.75) is 284 Å². The standard InChI is InChI=1S/C73H118O6/c1-4-7-10-13-16-19-22-25-28-29-30-31-32-33-34-35-36-37-38-39-40-41-42-43-46-48-51-54-57-60-63-66-72(75)78-69-70(79-73(76)67-64-61-58-55-52-49-45-27-24-21-18-15-12-9-6-3)68-77-71(74)65-62-59-56-53-50-47-44-26-23-20-17-14-11-8-5-2/h8-9,11-12,17-18,20-22,25-27,29-30,44-45,50,52-53,55,59,61-62,64,70H,4-7,10,13-16,19,23-24,28,31-43,46-49,51,54,56-58,60,63,65-69H2,1-3H3/b11-8-,12-9-,20-17-,21-18-,25-22-,30-29-,44-26-,45-27-,53-50-,55-52-,62-59-,64-61-. The molecule has 0 aromatic heterocycles. The van der Waals surface area contributed by atoms with Gasteiger partial charge in [-0.25, -0.2) is 0 Å². The van der Waals surface area contributed by atoms with E-state index in [1.807, 2.05) is 12.2 Å². The Labute approximate surface area is 487 Å². The Hall–Kier alpha value is -4.71. The van der Waals surface area contributed by atoms with E-state index in [4.69, 9.17) is 14.2 Å². The fraction of sp³-hybridized carbons (Fsp3) is 0.630. The highest BCUT2D eigenvalue weighted by Crippen LogP contribution is 2.16. The van der Waals surface area contributed by atoms with E-state index in [9.17, 15) is 14.4 Å². The second-order valence-electron chi connectivity index (χ2n) is 20.9. The Balaban J connectivity index is 4.33. The fourth-order valence-electron chi connectivity index (χ4n) is 8.62. The smallest absolute Gasteiger partial charge is 0.310 e. The SMILES string of the molecule is CC/C=C\C/C=C\C/C=C\C/C=C\C/C=C\CC(=O)OCC(COC(=O)CCCCCCCCCCCCCCCCCCCCC/C=C\C/C=C\CCCCCCC)OC(=O)C/C=C\C/C=C\C/C=C\C/C=C\C/C=C\CC. The molecule has 0 aromatic carbocycles. The zero-order valence-corrected chi connectivity index (χ0v) is 51.1. The number of rotatable bonds is 57. The van der Waals surface area contributed by atoms with Crippen LogP contribution in [0.2, 0.25) is 0 Å². The predicted molar refractivity (Wildman–Crippen MR) is 343 cm³/mol. The highest BCUT2D eigenvalue weighted by Gasteiger charge is 2.19. The first-order valence-electron chi connectivity index (χ1n) is 32.3. The molecule has 0 rings (SSSR count). The summed E-state index contributed by atoms with van der Waals surface area (Å²) in [6.07, 6.45) is 95.0. The first-order valence-corrected chi connectivity index (χ1v) is 32.3. The monoisotopic (exact) mass is 1090 g/mol. The third-order valence-corrected chi connectivity index (χ3v) is 13.4. The van der Waals surface area contributed by atoms with Gasteiger partial charge in [-0.2, -0.15) is 0 Å². The molecule has 0 fully saturated rings. The maximum atomic E-state index is 12.8. The van der Waals surface area contributed by atoms with Crippen LogP contribution in [0.15, 0.2) is 146 Å². The van der Waals surface area contributed by atoms with Crippen LogP contribution in [0.4, 0.5) is 0 Å². The van der Waals surface area contributed by atoms with Crippen LogP contribution in [0.1, 0.15) is 278 Å². The highest BCUT2D eigenvalue weighted by molar-refractivity contribution is 5.72. The molecule has 0 aliphatic carbocycles. The Bertz CT molecular complexity index is 1730. The zero-order valence-electron chi connectivity index (χ0n) is 51.1. The summed E-state index contributed by atoms with van der Waals surface area (Å²) in [4.78, 5) is 38.1. The summed E-state index contributed by atoms with van der Waals surface area (Å²) < 4.78 is 16.7. The van der Waals surface area contributed by atoms with E-state index in [-0.39, 0.29) is 32.0 Å². The van der Waals surface area contributed by atoms with Crippen molar-refractivity contribution in [1.29, 1.82) is 0 Å². The van der Waals surface area contributed by atoms with Gasteiger partial charge in [-0.1, -0.05) is 301 Å². The lowest BCUT2D eigenvalue weighted by Crippen LogP contribution is -2.30. The molecule has 0 bridgehead atoms. The van der Waals surface area contributed by atoms with Crippen molar-refractivity contribution < 1.29 is 28.6 Å². The van der Waals surface area contributed by atoms with E-state index < -0.39 is 18.0 Å². The number of esters is 3. The van der Waals surface area contributed by atoms with Gasteiger partial charge in [0.05, 0.1) is 12.8 Å². The minimum absolute atomic E-state index is 0.0729. The molecule has 0 radical (unpaired) electrons. The molecule has 79 heavy (non-hydrogen) atoms. The van der Waals surface area contributed by atoms with Gasteiger partial charge in [-0.3, -0.25) is 14.4 Å². The maximum absolute atomic E-state index is 12.8. The van der Waals surface area contributed by atoms with E-state index in [0.29, 0.717) is 12.8 Å². The predicted octanol–water partition coefficient (Wildman–Crippen LogP) is 22.3. The first kappa shape index (κ1) is 74.3. The maximum Gasteiger partial charge on any atom is 0.310 e. The molecule has 1 atom stereocenters. The molecule has 0 aliphatic rings. The van der Waals surface area contributed by atoms with Crippen LogP contribution in [-0.2, 0) is 28.6 Å². The van der Waals surface area contributed by atoms with E-state index >= 15 is 0 Å². The zero-order chi connectivity index (χ0) is 57.1. The highest BCUT2D eigenvalue weighted by atomic mass is 16.6. The molecule has 1 unspecified atom stereocenters. The number of carbonyl (C=O) groups excluding carboxylic acids is 3. The molecule has 446 valence electrons. The van der Waals surface area contributed by atoms with Gasteiger partial charge < -0.3 is 14.2 Å². The van der Waals surface area contributed by atoms with E-state index in [2.05, 4.69) is 142 Å². The van der Waals surface area contributed by atoms with Gasteiger partial charge in [-0.15, -0.1) is 0 Å². The van der Waals surface area contributed by atoms with E-state index in [1.165, 1.54) is 148 Å². The van der Waals surface area contributed by atoms with Crippen molar-refractivity contribution in [3.05, 3.63) is 146 Å². The number of allylic oxidation sites excluding steroid dienone is 22. The Morgan fingerprint density at radius 1 is 0.278 bits per heavy atom. The average Bonchev–Trinajstić information content (AvgIpc) is 3.45. The molecule has 0 heterocycles. The van der Waals surface area contributed by atoms with Crippen LogP contribution in [0.3, 0.4) is 0 Å². The molecule has 0 saturated carbocycles. The normalized spacial score (nSPS) is 13.1. The van der Waals surface area contributed by atoms with Crippen molar-refractivity contribution in [2.24, 2.45) is 0 Å². The van der Waals surface area contributed by atoms with Crippen LogP contribution in [0.25, 0.3) is 0 Å². The summed E-state index contributed by atoms with van der Waals surface area (Å²) >= 11 is 0. The third kappa shape index (κ3) is 64.0. The lowest BCUT2D eigenvalue weighted by Gasteiger charge is -2.17. The quantitative estimate of drug-likeness (QED) is 0.0261. The summed E-state index contributed by atoms with van der Waals surface area (Å²) in [5, 5.41) is 0. The van der Waals surface area contributed by atoms with Crippen molar-refractivity contribution in [3.8, 4) is 0 Å². The van der Waals surface area contributed by atoms with Crippen LogP contribution in [0.5, 0.6) is 0 Å². The van der Waals surface area contributed by atoms with Crippen molar-refractivity contribution in [3.63, 3.8) is 0 Å². The fourth-order valence-corrected chi connectivity index (χ4v) is 8.62. The topological polar surface area (TPSA) is 78.9 Å². The van der Waals surface area contributed by atoms with Gasteiger partial charge in [0, 0.05) is 6.42 Å². The number of hydrogen-bond acceptors (Lipinski definition) is 6. The van der Waals surface area contributed by atoms with Gasteiger partial charge in [0.2, 0.25) is 0 Å². The summed E-state index contributed by atoms with van der Waals surface area (Å²) in [5.41, 5.74) is 0. The largest absolute Gasteiger partial charge is 0.462 e. The van der Waals surface area contributed by atoms with Crippen LogP contribution >= 0.6 is 0 Å². The lowest BCUT2D eigenvalue weighted by molar-refractivity contribution is -0.166. The van der Waals surface area contributed by atoms with E-state index in [1.54, 1.807) is 12.2 Å². The average molecular weight is 1090 g/mol. The summed E-state index contributed by atoms with van der Waals surface area (Å²) in [5.74, 6) is -1.22. The summed E-state index contributed by atoms with van der Waals surface area (Å²) in [6.45, 7) is 6.23. The Kier molecular flexibility index (Phi) is 61.9. The molecule has 0 aromatic rings. The van der Waals surface area contributed by atoms with Gasteiger partial charge >= 0.3 is 17.9 Å². The summed E-state index contributed by atoms with van der Waals surface area (Å²) in [7, 11) is 0. The minimum Gasteiger partial charge on any atom is -0.462 e. The number of carbonyl (C=O) groups is 3. The van der Waals surface area contributed by atoms with E-state index in [0.717, 1.165) is 83.5 Å². The minimum atomic E-state index is -0.878. The van der Waals surface area contributed by atoms with Gasteiger partial charge in [-0.05, 0) is 103 Å². The molecule has 0 spiro atoms. The van der Waals surface area contributed by atoms with Gasteiger partial charge in [0.25, 0.3) is 0 Å². The van der Waals surface area contributed by atoms with Crippen molar-refractivity contribution in [2.75, 3.05) is 13.2 Å². The van der Waals surface area contributed by atoms with Gasteiger partial charge in [0.1, 0.15) is 13.2 Å².